The van der Waals surface area contributed by atoms with Crippen molar-refractivity contribution in [3.05, 3.63) is 89.4 Å². The predicted molar refractivity (Wildman–Crippen MR) is 112 cm³/mol. The number of benzene rings is 2. The van der Waals surface area contributed by atoms with Gasteiger partial charge in [0.25, 0.3) is 0 Å². The maximum Gasteiger partial charge on any atom is 0.419 e. The minimum absolute atomic E-state index is 0.0620. The lowest BCUT2D eigenvalue weighted by Crippen LogP contribution is -2.17. The van der Waals surface area contributed by atoms with Crippen LogP contribution in [0, 0.1) is 23.0 Å². The first-order valence-corrected chi connectivity index (χ1v) is 9.95. The molecule has 2 heterocycles. The Morgan fingerprint density at radius 3 is 2.71 bits per heavy atom. The highest BCUT2D eigenvalue weighted by Gasteiger charge is 2.35. The normalized spacial score (nSPS) is 11.3. The topological polar surface area (TPSA) is 96.7 Å². The molecule has 0 unspecified atom stereocenters. The number of anilines is 1. The van der Waals surface area contributed by atoms with Crippen molar-refractivity contribution >= 4 is 11.6 Å². The molecule has 0 bridgehead atoms. The van der Waals surface area contributed by atoms with E-state index in [1.807, 2.05) is 6.07 Å². The van der Waals surface area contributed by atoms with Crippen LogP contribution in [0.15, 0.2) is 59.6 Å². The van der Waals surface area contributed by atoms with Crippen LogP contribution in [-0.4, -0.2) is 20.7 Å². The van der Waals surface area contributed by atoms with Crippen molar-refractivity contribution in [3.8, 4) is 17.2 Å². The number of hydrogen-bond donors (Lipinski definition) is 1. The number of nitrogens with one attached hydrogen (secondary N) is 1. The molecule has 1 N–H and O–H groups in total. The number of carbonyl (C=O) groups is 1. The predicted octanol–water partition coefficient (Wildman–Crippen LogP) is 4.94. The smallest absolute Gasteiger partial charge is 0.419 e. The van der Waals surface area contributed by atoms with E-state index in [-0.39, 0.29) is 28.9 Å². The molecule has 0 saturated carbocycles. The summed E-state index contributed by atoms with van der Waals surface area (Å²) in [4.78, 5) is 16.3. The lowest BCUT2D eigenvalue weighted by molar-refractivity contribution is -0.140. The molecular formula is C23H14F5N5O2. The maximum atomic E-state index is 14.9. The first-order chi connectivity index (χ1) is 16.7. The average molecular weight is 487 g/mol. The second kappa shape index (κ2) is 9.38. The van der Waals surface area contributed by atoms with Gasteiger partial charge in [0, 0.05) is 23.0 Å². The van der Waals surface area contributed by atoms with Gasteiger partial charge in [-0.05, 0) is 23.8 Å². The Kier molecular flexibility index (Phi) is 6.33. The Bertz CT molecular complexity index is 1420. The number of hydrogen-bond acceptors (Lipinski definition) is 5. The molecule has 0 fully saturated rings. The number of aromatic nitrogens is 3. The number of halogens is 5. The number of amides is 1. The molecule has 12 heteroatoms. The zero-order valence-corrected chi connectivity index (χ0v) is 17.6. The number of nitriles is 1. The van der Waals surface area contributed by atoms with E-state index in [0.29, 0.717) is 12.0 Å². The lowest BCUT2D eigenvalue weighted by Gasteiger charge is -2.12. The molecular weight excluding hydrogens is 473 g/mol. The molecule has 1 amide bonds. The van der Waals surface area contributed by atoms with Crippen LogP contribution >= 0.6 is 0 Å². The summed E-state index contributed by atoms with van der Waals surface area (Å²) in [5, 5.41) is 15.9. The van der Waals surface area contributed by atoms with Crippen LogP contribution in [0.1, 0.15) is 22.6 Å². The van der Waals surface area contributed by atoms with E-state index >= 15 is 0 Å². The first-order valence-electron chi connectivity index (χ1n) is 9.95. The largest absolute Gasteiger partial charge is 0.447 e. The fourth-order valence-electron chi connectivity index (χ4n) is 3.42. The Balaban J connectivity index is 1.54. The quantitative estimate of drug-likeness (QED) is 0.389. The van der Waals surface area contributed by atoms with E-state index in [9.17, 15) is 32.0 Å². The van der Waals surface area contributed by atoms with Crippen LogP contribution in [0.5, 0.6) is 0 Å². The van der Waals surface area contributed by atoms with Crippen molar-refractivity contribution in [1.82, 2.24) is 14.8 Å². The summed E-state index contributed by atoms with van der Waals surface area (Å²) < 4.78 is 74.4. The van der Waals surface area contributed by atoms with Gasteiger partial charge in [-0.1, -0.05) is 12.1 Å². The van der Waals surface area contributed by atoms with Crippen LogP contribution in [0.25, 0.3) is 11.1 Å². The van der Waals surface area contributed by atoms with E-state index in [1.165, 1.54) is 35.6 Å². The second-order valence-corrected chi connectivity index (χ2v) is 7.35. The molecule has 0 aliphatic heterocycles. The third-order valence-electron chi connectivity index (χ3n) is 4.93. The van der Waals surface area contributed by atoms with Gasteiger partial charge in [0.05, 0.1) is 36.0 Å². The van der Waals surface area contributed by atoms with Crippen molar-refractivity contribution in [2.24, 2.45) is 0 Å². The van der Waals surface area contributed by atoms with Crippen molar-refractivity contribution in [2.75, 3.05) is 5.32 Å². The molecule has 2 aromatic carbocycles. The molecule has 4 rings (SSSR count). The number of nitrogens with zero attached hydrogens (tertiary/aromatic N) is 4. The highest BCUT2D eigenvalue weighted by atomic mass is 19.4. The molecule has 178 valence electrons. The van der Waals surface area contributed by atoms with Gasteiger partial charge in [0.15, 0.2) is 0 Å². The van der Waals surface area contributed by atoms with Crippen molar-refractivity contribution in [1.29, 1.82) is 5.26 Å². The zero-order chi connectivity index (χ0) is 25.2. The fourth-order valence-corrected chi connectivity index (χ4v) is 3.42. The highest BCUT2D eigenvalue weighted by molar-refractivity contribution is 5.93. The van der Waals surface area contributed by atoms with E-state index < -0.39 is 41.3 Å². The van der Waals surface area contributed by atoms with Gasteiger partial charge in [-0.3, -0.25) is 9.48 Å². The molecule has 0 aliphatic carbocycles. The van der Waals surface area contributed by atoms with Gasteiger partial charge in [0.2, 0.25) is 11.8 Å². The molecule has 2 aromatic heterocycles. The van der Waals surface area contributed by atoms with Crippen LogP contribution < -0.4 is 5.32 Å². The summed E-state index contributed by atoms with van der Waals surface area (Å²) in [5.41, 5.74) is -1.99. The zero-order valence-electron chi connectivity index (χ0n) is 17.6. The number of rotatable bonds is 6. The SMILES string of the molecule is N#Cc1cc(NC(=O)Cc2cccc(C(F)(F)F)c2F)cc(F)c1-c1cnn(Cc2ncco2)c1. The maximum absolute atomic E-state index is 14.9. The summed E-state index contributed by atoms with van der Waals surface area (Å²) in [6.45, 7) is 0.177. The third kappa shape index (κ3) is 5.19. The molecule has 35 heavy (non-hydrogen) atoms. The van der Waals surface area contributed by atoms with E-state index in [0.717, 1.165) is 18.2 Å². The average Bonchev–Trinajstić information content (AvgIpc) is 3.46. The minimum Gasteiger partial charge on any atom is -0.447 e. The minimum atomic E-state index is -4.92. The van der Waals surface area contributed by atoms with Crippen molar-refractivity contribution in [2.45, 2.75) is 19.1 Å². The fraction of sp³-hybridized carbons (Fsp3) is 0.130. The molecule has 0 aliphatic rings. The Labute approximate surface area is 194 Å². The van der Waals surface area contributed by atoms with Gasteiger partial charge in [0.1, 0.15) is 24.4 Å². The molecule has 0 spiro atoms. The second-order valence-electron chi connectivity index (χ2n) is 7.35. The molecule has 0 radical (unpaired) electrons. The van der Waals surface area contributed by atoms with Gasteiger partial charge >= 0.3 is 6.18 Å². The summed E-state index contributed by atoms with van der Waals surface area (Å²) in [6.07, 6.45) is 0.0341. The summed E-state index contributed by atoms with van der Waals surface area (Å²) in [5.74, 6) is -2.93. The van der Waals surface area contributed by atoms with Crippen LogP contribution in [-0.2, 0) is 23.9 Å². The number of oxazole rings is 1. The molecule has 7 nitrogen and oxygen atoms in total. The molecule has 0 saturated heterocycles. The summed E-state index contributed by atoms with van der Waals surface area (Å²) in [6, 6.07) is 6.58. The van der Waals surface area contributed by atoms with Gasteiger partial charge < -0.3 is 9.73 Å². The third-order valence-corrected chi connectivity index (χ3v) is 4.93. The van der Waals surface area contributed by atoms with E-state index in [2.05, 4.69) is 15.4 Å². The van der Waals surface area contributed by atoms with E-state index in [4.69, 9.17) is 4.42 Å². The van der Waals surface area contributed by atoms with Crippen molar-refractivity contribution in [3.63, 3.8) is 0 Å². The van der Waals surface area contributed by atoms with Crippen molar-refractivity contribution < 1.29 is 31.2 Å². The molecule has 4 aromatic rings. The van der Waals surface area contributed by atoms with Gasteiger partial charge in [-0.2, -0.15) is 23.5 Å². The number of alkyl halides is 3. The van der Waals surface area contributed by atoms with Crippen LogP contribution in [0.3, 0.4) is 0 Å². The van der Waals surface area contributed by atoms with Gasteiger partial charge in [-0.15, -0.1) is 0 Å². The van der Waals surface area contributed by atoms with E-state index in [1.54, 1.807) is 0 Å². The number of carbonyl (C=O) groups excluding carboxylic acids is 1. The van der Waals surface area contributed by atoms with Crippen LogP contribution in [0.2, 0.25) is 0 Å². The highest BCUT2D eigenvalue weighted by Crippen LogP contribution is 2.33. The Hall–Kier alpha value is -4.53. The Morgan fingerprint density at radius 2 is 2.03 bits per heavy atom. The Morgan fingerprint density at radius 1 is 1.23 bits per heavy atom. The van der Waals surface area contributed by atoms with Gasteiger partial charge in [-0.25, -0.2) is 13.8 Å². The lowest BCUT2D eigenvalue weighted by atomic mass is 10.0. The van der Waals surface area contributed by atoms with Crippen LogP contribution in [0.4, 0.5) is 27.6 Å². The molecule has 0 atom stereocenters. The monoisotopic (exact) mass is 487 g/mol. The first kappa shape index (κ1) is 23.6. The summed E-state index contributed by atoms with van der Waals surface area (Å²) >= 11 is 0. The standard InChI is InChI=1S/C23H14F5N5O2/c24-18-8-16(32-19(34)7-13-2-1-3-17(22(13)25)23(26,27)28)6-14(9-29)21(18)15-10-31-33(11-15)12-20-30-4-5-35-20/h1-6,8,10-11H,7,12H2,(H,32,34). The summed E-state index contributed by atoms with van der Waals surface area (Å²) in [7, 11) is 0.